The summed E-state index contributed by atoms with van der Waals surface area (Å²) in [5, 5.41) is 4.26. The highest BCUT2D eigenvalue weighted by Gasteiger charge is 2.44. The van der Waals surface area contributed by atoms with E-state index in [9.17, 15) is 4.79 Å². The second kappa shape index (κ2) is 9.43. The molecule has 0 radical (unpaired) electrons. The molecule has 1 aliphatic heterocycles. The van der Waals surface area contributed by atoms with Gasteiger partial charge in [-0.2, -0.15) is 0 Å². The largest absolute Gasteiger partial charge is 0.466 e. The summed E-state index contributed by atoms with van der Waals surface area (Å²) in [7, 11) is 0. The third kappa shape index (κ3) is 5.02. The first-order chi connectivity index (χ1) is 15.1. The highest BCUT2D eigenvalue weighted by Crippen LogP contribution is 2.36. The molecule has 1 saturated heterocycles. The van der Waals surface area contributed by atoms with E-state index in [4.69, 9.17) is 9.26 Å². The summed E-state index contributed by atoms with van der Waals surface area (Å²) >= 11 is 0. The summed E-state index contributed by atoms with van der Waals surface area (Å²) in [6.45, 7) is 6.66. The van der Waals surface area contributed by atoms with Crippen LogP contribution in [-0.4, -0.2) is 40.7 Å². The zero-order valence-electron chi connectivity index (χ0n) is 18.2. The Morgan fingerprint density at radius 2 is 1.97 bits per heavy atom. The molecule has 6 heteroatoms. The molecule has 1 atom stereocenters. The highest BCUT2D eigenvalue weighted by atomic mass is 16.5. The van der Waals surface area contributed by atoms with Gasteiger partial charge in [0.25, 0.3) is 0 Å². The summed E-state index contributed by atoms with van der Waals surface area (Å²) in [6, 6.07) is 14.2. The molecular weight excluding hydrogens is 390 g/mol. The van der Waals surface area contributed by atoms with Crippen LogP contribution in [0.3, 0.4) is 0 Å². The predicted octanol–water partition coefficient (Wildman–Crippen LogP) is 4.43. The second-order valence-corrected chi connectivity index (χ2v) is 8.39. The van der Waals surface area contributed by atoms with E-state index in [1.54, 1.807) is 12.4 Å². The quantitative estimate of drug-likeness (QED) is 0.528. The average molecular weight is 420 g/mol. The first-order valence-electron chi connectivity index (χ1n) is 10.9. The third-order valence-electron chi connectivity index (χ3n) is 5.94. The lowest BCUT2D eigenvalue weighted by atomic mass is 9.76. The molecule has 0 N–H and O–H groups in total. The Hall–Kier alpha value is -2.99. The minimum atomic E-state index is -0.634. The maximum absolute atomic E-state index is 13.1. The van der Waals surface area contributed by atoms with Crippen LogP contribution < -0.4 is 0 Å². The molecule has 1 fully saturated rings. The van der Waals surface area contributed by atoms with Crippen LogP contribution in [0.25, 0.3) is 11.3 Å². The van der Waals surface area contributed by atoms with E-state index < -0.39 is 5.41 Å². The maximum atomic E-state index is 13.1. The van der Waals surface area contributed by atoms with Gasteiger partial charge in [0.15, 0.2) is 0 Å². The van der Waals surface area contributed by atoms with Gasteiger partial charge in [-0.1, -0.05) is 35.0 Å². The van der Waals surface area contributed by atoms with Crippen molar-refractivity contribution in [2.75, 3.05) is 19.7 Å². The molecule has 0 amide bonds. The fourth-order valence-electron chi connectivity index (χ4n) is 4.37. The minimum absolute atomic E-state index is 0.150. The molecule has 4 rings (SSSR count). The van der Waals surface area contributed by atoms with Crippen LogP contribution in [0.15, 0.2) is 59.4 Å². The Morgan fingerprint density at radius 3 is 2.71 bits per heavy atom. The van der Waals surface area contributed by atoms with Crippen molar-refractivity contribution >= 4 is 5.97 Å². The number of aryl methyl sites for hydroxylation is 1. The monoisotopic (exact) mass is 419 g/mol. The van der Waals surface area contributed by atoms with E-state index in [0.717, 1.165) is 42.9 Å². The standard InChI is InChI=1S/C25H29N3O3/c1-3-30-24(29)25(11-4-14-28(18-25)17-20-9-12-26-13-10-20)16-22-15-23(27-31-22)21-7-5-19(2)6-8-21/h5-10,12-13,15H,3-4,11,14,16-18H2,1-2H3/t25-/m1/s1. The van der Waals surface area contributed by atoms with Gasteiger partial charge >= 0.3 is 5.97 Å². The van der Waals surface area contributed by atoms with E-state index in [1.807, 2.05) is 37.3 Å². The molecule has 1 aromatic carbocycles. The average Bonchev–Trinajstić information content (AvgIpc) is 3.23. The summed E-state index contributed by atoms with van der Waals surface area (Å²) in [6.07, 6.45) is 5.80. The number of aromatic nitrogens is 2. The topological polar surface area (TPSA) is 68.5 Å². The molecule has 0 saturated carbocycles. The molecule has 3 aromatic rings. The van der Waals surface area contributed by atoms with Gasteiger partial charge in [-0.15, -0.1) is 0 Å². The lowest BCUT2D eigenvalue weighted by Gasteiger charge is -2.40. The highest BCUT2D eigenvalue weighted by molar-refractivity contribution is 5.77. The van der Waals surface area contributed by atoms with E-state index in [2.05, 4.69) is 34.1 Å². The van der Waals surface area contributed by atoms with Crippen molar-refractivity contribution in [3.05, 3.63) is 71.7 Å². The van der Waals surface area contributed by atoms with E-state index in [-0.39, 0.29) is 5.97 Å². The van der Waals surface area contributed by atoms with Crippen molar-refractivity contribution < 1.29 is 14.1 Å². The molecule has 0 aliphatic carbocycles. The van der Waals surface area contributed by atoms with Crippen molar-refractivity contribution in [1.82, 2.24) is 15.0 Å². The van der Waals surface area contributed by atoms with E-state index in [0.29, 0.717) is 19.6 Å². The lowest BCUT2D eigenvalue weighted by molar-refractivity contribution is -0.159. The molecule has 1 aliphatic rings. The maximum Gasteiger partial charge on any atom is 0.313 e. The van der Waals surface area contributed by atoms with Gasteiger partial charge in [0.1, 0.15) is 11.5 Å². The molecule has 2 aromatic heterocycles. The Bertz CT molecular complexity index is 1000. The van der Waals surface area contributed by atoms with Crippen LogP contribution in [0.2, 0.25) is 0 Å². The van der Waals surface area contributed by atoms with E-state index in [1.165, 1.54) is 11.1 Å². The van der Waals surface area contributed by atoms with Crippen LogP contribution in [-0.2, 0) is 22.5 Å². The fraction of sp³-hybridized carbons (Fsp3) is 0.400. The number of rotatable bonds is 7. The molecule has 162 valence electrons. The number of piperidine rings is 1. The van der Waals surface area contributed by atoms with Crippen molar-refractivity contribution in [2.45, 2.75) is 39.7 Å². The van der Waals surface area contributed by atoms with Crippen LogP contribution in [0, 0.1) is 12.3 Å². The third-order valence-corrected chi connectivity index (χ3v) is 5.94. The Labute approximate surface area is 183 Å². The van der Waals surface area contributed by atoms with Gasteiger partial charge in [0.2, 0.25) is 0 Å². The number of hydrogen-bond donors (Lipinski definition) is 0. The smallest absolute Gasteiger partial charge is 0.313 e. The number of carbonyl (C=O) groups excluding carboxylic acids is 1. The molecule has 31 heavy (non-hydrogen) atoms. The number of pyridine rings is 1. The Balaban J connectivity index is 1.55. The number of hydrogen-bond acceptors (Lipinski definition) is 6. The van der Waals surface area contributed by atoms with Crippen molar-refractivity contribution in [1.29, 1.82) is 0 Å². The van der Waals surface area contributed by atoms with Gasteiger partial charge in [0.05, 0.1) is 12.0 Å². The minimum Gasteiger partial charge on any atom is -0.466 e. The summed E-state index contributed by atoms with van der Waals surface area (Å²) in [5.74, 6) is 0.567. The number of carbonyl (C=O) groups is 1. The SMILES string of the molecule is CCOC(=O)[C@@]1(Cc2cc(-c3ccc(C)cc3)no2)CCCN(Cc2ccncc2)C1. The summed E-state index contributed by atoms with van der Waals surface area (Å²) in [4.78, 5) is 19.5. The van der Waals surface area contributed by atoms with E-state index >= 15 is 0 Å². The van der Waals surface area contributed by atoms with Crippen molar-refractivity contribution in [2.24, 2.45) is 5.41 Å². The summed E-state index contributed by atoms with van der Waals surface area (Å²) in [5.41, 5.74) is 3.55. The van der Waals surface area contributed by atoms with Gasteiger partial charge in [-0.05, 0) is 50.9 Å². The summed E-state index contributed by atoms with van der Waals surface area (Å²) < 4.78 is 11.2. The fourth-order valence-corrected chi connectivity index (χ4v) is 4.37. The first-order valence-corrected chi connectivity index (χ1v) is 10.9. The number of likely N-dealkylation sites (tertiary alicyclic amines) is 1. The van der Waals surface area contributed by atoms with Crippen molar-refractivity contribution in [3.8, 4) is 11.3 Å². The van der Waals surface area contributed by atoms with Crippen LogP contribution in [0.5, 0.6) is 0 Å². The van der Waals surface area contributed by atoms with Crippen LogP contribution in [0.4, 0.5) is 0 Å². The van der Waals surface area contributed by atoms with Gasteiger partial charge in [-0.3, -0.25) is 14.7 Å². The zero-order valence-corrected chi connectivity index (χ0v) is 18.2. The van der Waals surface area contributed by atoms with Gasteiger partial charge < -0.3 is 9.26 Å². The van der Waals surface area contributed by atoms with Crippen molar-refractivity contribution in [3.63, 3.8) is 0 Å². The Kier molecular flexibility index (Phi) is 6.47. The molecule has 0 bridgehead atoms. The Morgan fingerprint density at radius 1 is 1.19 bits per heavy atom. The predicted molar refractivity (Wildman–Crippen MR) is 118 cm³/mol. The number of esters is 1. The lowest BCUT2D eigenvalue weighted by Crippen LogP contribution is -2.49. The second-order valence-electron chi connectivity index (χ2n) is 8.39. The van der Waals surface area contributed by atoms with Crippen LogP contribution >= 0.6 is 0 Å². The number of benzene rings is 1. The molecular formula is C25H29N3O3. The van der Waals surface area contributed by atoms with Gasteiger partial charge in [0, 0.05) is 43.5 Å². The first kappa shape index (κ1) is 21.2. The normalized spacial score (nSPS) is 19.3. The molecule has 0 unspecified atom stereocenters. The molecule has 3 heterocycles. The zero-order chi connectivity index (χ0) is 21.7. The van der Waals surface area contributed by atoms with Crippen LogP contribution in [0.1, 0.15) is 36.7 Å². The number of nitrogens with zero attached hydrogens (tertiary/aromatic N) is 3. The molecule has 6 nitrogen and oxygen atoms in total. The van der Waals surface area contributed by atoms with Gasteiger partial charge in [-0.25, -0.2) is 0 Å². The molecule has 0 spiro atoms. The number of ether oxygens (including phenoxy) is 1.